The van der Waals surface area contributed by atoms with Crippen molar-refractivity contribution in [1.29, 1.82) is 0 Å². The molecule has 0 bridgehead atoms. The van der Waals surface area contributed by atoms with Crippen molar-refractivity contribution in [2.75, 3.05) is 0 Å². The second kappa shape index (κ2) is 5.03. The van der Waals surface area contributed by atoms with Gasteiger partial charge in [0.15, 0.2) is 5.78 Å². The van der Waals surface area contributed by atoms with E-state index in [0.717, 1.165) is 18.6 Å². The molecule has 0 aromatic heterocycles. The quantitative estimate of drug-likeness (QED) is 0.618. The van der Waals surface area contributed by atoms with Crippen LogP contribution in [0.2, 0.25) is 0 Å². The Labute approximate surface area is 101 Å². The Morgan fingerprint density at radius 2 is 2.12 bits per heavy atom. The average molecular weight is 229 g/mol. The van der Waals surface area contributed by atoms with Gasteiger partial charge in [-0.3, -0.25) is 4.79 Å². The van der Waals surface area contributed by atoms with Crippen LogP contribution in [0.4, 0.5) is 0 Å². The molecule has 0 heterocycles. The molecule has 3 heteroatoms. The van der Waals surface area contributed by atoms with Crippen LogP contribution in [0, 0.1) is 12.3 Å². The van der Waals surface area contributed by atoms with Gasteiger partial charge >= 0.3 is 0 Å². The Hall–Kier alpha value is -1.79. The monoisotopic (exact) mass is 229 g/mol. The van der Waals surface area contributed by atoms with Gasteiger partial charge in [-0.05, 0) is 37.1 Å². The summed E-state index contributed by atoms with van der Waals surface area (Å²) in [7, 11) is 0. The highest BCUT2D eigenvalue weighted by molar-refractivity contribution is 6.00. The van der Waals surface area contributed by atoms with Crippen LogP contribution < -0.4 is 10.5 Å². The molecule has 2 N–H and O–H groups in total. The predicted molar refractivity (Wildman–Crippen MR) is 65.8 cm³/mol. The van der Waals surface area contributed by atoms with Crippen LogP contribution in [-0.4, -0.2) is 17.9 Å². The number of hydrogen-bond acceptors (Lipinski definition) is 3. The number of terminal acetylenes is 1. The van der Waals surface area contributed by atoms with Gasteiger partial charge in [0.1, 0.15) is 5.75 Å². The molecule has 88 valence electrons. The van der Waals surface area contributed by atoms with Gasteiger partial charge in [0, 0.05) is 12.0 Å². The lowest BCUT2D eigenvalue weighted by molar-refractivity contribution is 0.0963. The van der Waals surface area contributed by atoms with Gasteiger partial charge in [0.05, 0.1) is 12.1 Å². The van der Waals surface area contributed by atoms with E-state index in [-0.39, 0.29) is 12.2 Å². The van der Waals surface area contributed by atoms with E-state index in [9.17, 15) is 4.79 Å². The summed E-state index contributed by atoms with van der Waals surface area (Å²) in [6.07, 6.45) is 7.99. The first-order valence-electron chi connectivity index (χ1n) is 5.70. The van der Waals surface area contributed by atoms with E-state index in [0.29, 0.717) is 11.7 Å². The fraction of sp³-hybridized carbons (Fsp3) is 0.357. The highest BCUT2D eigenvalue weighted by Crippen LogP contribution is 2.26. The molecule has 1 aliphatic carbocycles. The first-order chi connectivity index (χ1) is 8.20. The molecule has 0 amide bonds. The second-order valence-electron chi connectivity index (χ2n) is 4.22. The van der Waals surface area contributed by atoms with E-state index in [4.69, 9.17) is 16.9 Å². The molecule has 1 unspecified atom stereocenters. The molecule has 2 rings (SSSR count). The normalized spacial score (nSPS) is 16.0. The van der Waals surface area contributed by atoms with Crippen LogP contribution in [0.5, 0.6) is 5.75 Å². The van der Waals surface area contributed by atoms with Crippen molar-refractivity contribution < 1.29 is 9.53 Å². The molecule has 1 fully saturated rings. The minimum Gasteiger partial charge on any atom is -0.490 e. The third-order valence-electron chi connectivity index (χ3n) is 2.64. The molecule has 1 aromatic rings. The Kier molecular flexibility index (Phi) is 3.46. The van der Waals surface area contributed by atoms with Crippen molar-refractivity contribution in [2.45, 2.75) is 31.4 Å². The molecule has 0 aliphatic heterocycles. The number of rotatable bonds is 5. The highest BCUT2D eigenvalue weighted by atomic mass is 16.5. The standard InChI is InChI=1S/C14H15NO2/c1-2-3-13(15)14(16)10-4-6-11(7-5-10)17-12-8-9-12/h1,4-7,12-13H,3,8-9,15H2. The molecule has 1 atom stereocenters. The molecule has 0 radical (unpaired) electrons. The maximum Gasteiger partial charge on any atom is 0.180 e. The van der Waals surface area contributed by atoms with Gasteiger partial charge in [-0.25, -0.2) is 0 Å². The maximum absolute atomic E-state index is 11.8. The zero-order valence-electron chi connectivity index (χ0n) is 9.56. The Morgan fingerprint density at radius 1 is 1.47 bits per heavy atom. The van der Waals surface area contributed by atoms with E-state index in [1.165, 1.54) is 0 Å². The SMILES string of the molecule is C#CCC(N)C(=O)c1ccc(OC2CC2)cc1. The number of nitrogens with two attached hydrogens (primary N) is 1. The van der Waals surface area contributed by atoms with Crippen LogP contribution in [0.15, 0.2) is 24.3 Å². The predicted octanol–water partition coefficient (Wildman–Crippen LogP) is 1.76. The first-order valence-corrected chi connectivity index (χ1v) is 5.70. The number of benzene rings is 1. The Bertz CT molecular complexity index is 440. The van der Waals surface area contributed by atoms with Crippen molar-refractivity contribution in [3.8, 4) is 18.1 Å². The fourth-order valence-corrected chi connectivity index (χ4v) is 1.51. The van der Waals surface area contributed by atoms with Gasteiger partial charge in [-0.1, -0.05) is 0 Å². The van der Waals surface area contributed by atoms with Gasteiger partial charge in [0.2, 0.25) is 0 Å². The number of ketones is 1. The minimum atomic E-state index is -0.616. The van der Waals surface area contributed by atoms with Gasteiger partial charge in [-0.2, -0.15) is 0 Å². The summed E-state index contributed by atoms with van der Waals surface area (Å²) in [6, 6.07) is 6.45. The number of carbonyl (C=O) groups excluding carboxylic acids is 1. The third-order valence-corrected chi connectivity index (χ3v) is 2.64. The molecular weight excluding hydrogens is 214 g/mol. The van der Waals surface area contributed by atoms with Crippen molar-refractivity contribution >= 4 is 5.78 Å². The van der Waals surface area contributed by atoms with Crippen molar-refractivity contribution in [3.63, 3.8) is 0 Å². The van der Waals surface area contributed by atoms with E-state index < -0.39 is 6.04 Å². The van der Waals surface area contributed by atoms with Crippen molar-refractivity contribution in [3.05, 3.63) is 29.8 Å². The molecule has 1 aliphatic rings. The molecule has 3 nitrogen and oxygen atoms in total. The van der Waals surface area contributed by atoms with Crippen LogP contribution in [-0.2, 0) is 0 Å². The molecular formula is C14H15NO2. The summed E-state index contributed by atoms with van der Waals surface area (Å²) < 4.78 is 5.59. The first kappa shape index (κ1) is 11.7. The molecule has 0 saturated heterocycles. The van der Waals surface area contributed by atoms with Crippen molar-refractivity contribution in [2.24, 2.45) is 5.73 Å². The average Bonchev–Trinajstić information content (AvgIpc) is 3.13. The van der Waals surface area contributed by atoms with E-state index in [2.05, 4.69) is 5.92 Å². The van der Waals surface area contributed by atoms with Crippen LogP contribution in [0.3, 0.4) is 0 Å². The zero-order valence-corrected chi connectivity index (χ0v) is 9.56. The largest absolute Gasteiger partial charge is 0.490 e. The van der Waals surface area contributed by atoms with Crippen LogP contribution in [0.25, 0.3) is 0 Å². The fourth-order valence-electron chi connectivity index (χ4n) is 1.51. The summed E-state index contributed by atoms with van der Waals surface area (Å²) >= 11 is 0. The van der Waals surface area contributed by atoms with Crippen LogP contribution >= 0.6 is 0 Å². The summed E-state index contributed by atoms with van der Waals surface area (Å²) in [5.74, 6) is 3.07. The lowest BCUT2D eigenvalue weighted by Gasteiger charge is -2.08. The zero-order chi connectivity index (χ0) is 12.3. The van der Waals surface area contributed by atoms with Gasteiger partial charge in [-0.15, -0.1) is 12.3 Å². The number of carbonyl (C=O) groups is 1. The summed E-state index contributed by atoms with van der Waals surface area (Å²) in [4.78, 5) is 11.8. The topological polar surface area (TPSA) is 52.3 Å². The number of hydrogen-bond donors (Lipinski definition) is 1. The number of Topliss-reactive ketones (excluding diaryl/α,β-unsaturated/α-hetero) is 1. The summed E-state index contributed by atoms with van der Waals surface area (Å²) in [5, 5.41) is 0. The van der Waals surface area contributed by atoms with Gasteiger partial charge in [0.25, 0.3) is 0 Å². The molecule has 0 spiro atoms. The Balaban J connectivity index is 2.01. The second-order valence-corrected chi connectivity index (χ2v) is 4.22. The molecule has 17 heavy (non-hydrogen) atoms. The van der Waals surface area contributed by atoms with Crippen LogP contribution in [0.1, 0.15) is 29.6 Å². The lowest BCUT2D eigenvalue weighted by atomic mass is 10.0. The summed E-state index contributed by atoms with van der Waals surface area (Å²) in [6.45, 7) is 0. The molecule has 1 aromatic carbocycles. The molecule has 1 saturated carbocycles. The summed E-state index contributed by atoms with van der Waals surface area (Å²) in [5.41, 5.74) is 6.24. The Morgan fingerprint density at radius 3 is 2.65 bits per heavy atom. The lowest BCUT2D eigenvalue weighted by Crippen LogP contribution is -2.29. The smallest absolute Gasteiger partial charge is 0.180 e. The van der Waals surface area contributed by atoms with E-state index in [1.54, 1.807) is 24.3 Å². The maximum atomic E-state index is 11.8. The number of ether oxygens (including phenoxy) is 1. The van der Waals surface area contributed by atoms with E-state index in [1.807, 2.05) is 0 Å². The van der Waals surface area contributed by atoms with Crippen molar-refractivity contribution in [1.82, 2.24) is 0 Å². The minimum absolute atomic E-state index is 0.124. The third kappa shape index (κ3) is 3.08. The highest BCUT2D eigenvalue weighted by Gasteiger charge is 2.23. The van der Waals surface area contributed by atoms with E-state index >= 15 is 0 Å². The van der Waals surface area contributed by atoms with Gasteiger partial charge < -0.3 is 10.5 Å².